The van der Waals surface area contributed by atoms with E-state index in [0.717, 1.165) is 53.8 Å². The predicted molar refractivity (Wildman–Crippen MR) is 220 cm³/mol. The average Bonchev–Trinajstić information content (AvgIpc) is 3.67. The molecule has 9 heteroatoms. The fourth-order valence-electron chi connectivity index (χ4n) is 7.51. The topological polar surface area (TPSA) is 99.4 Å². The Labute approximate surface area is 329 Å². The zero-order valence-electron chi connectivity index (χ0n) is 33.4. The molecule has 55 heavy (non-hydrogen) atoms. The first-order chi connectivity index (χ1) is 27.1. The number of carbonyl (C=O) groups excluding carboxylic acids is 2. The molecule has 0 unspecified atom stereocenters. The average molecular weight is 750 g/mol. The molecule has 0 saturated carbocycles. The smallest absolute Gasteiger partial charge is 0.307 e. The van der Waals surface area contributed by atoms with Gasteiger partial charge in [0.1, 0.15) is 5.69 Å². The number of nitrogens with zero attached hydrogens (tertiary/aromatic N) is 5. The second-order valence-corrected chi connectivity index (χ2v) is 14.9. The summed E-state index contributed by atoms with van der Waals surface area (Å²) in [4.78, 5) is 37.3. The molecule has 296 valence electrons. The minimum atomic E-state index is -0.200. The van der Waals surface area contributed by atoms with Crippen LogP contribution in [0.5, 0.6) is 0 Å². The van der Waals surface area contributed by atoms with Gasteiger partial charge in [-0.2, -0.15) is 5.10 Å². The van der Waals surface area contributed by atoms with Crippen molar-refractivity contribution < 1.29 is 19.1 Å². The first kappa shape index (κ1) is 41.8. The van der Waals surface area contributed by atoms with Crippen molar-refractivity contribution in [3.05, 3.63) is 78.8 Å². The molecule has 9 nitrogen and oxygen atoms in total. The van der Waals surface area contributed by atoms with Crippen molar-refractivity contribution >= 4 is 11.9 Å². The van der Waals surface area contributed by atoms with E-state index in [0.29, 0.717) is 37.4 Å². The molecule has 3 aromatic heterocycles. The van der Waals surface area contributed by atoms with E-state index in [9.17, 15) is 9.59 Å². The van der Waals surface area contributed by atoms with Crippen LogP contribution in [0.3, 0.4) is 0 Å². The molecule has 0 aliphatic carbocycles. The summed E-state index contributed by atoms with van der Waals surface area (Å²) in [5.41, 5.74) is 5.56. The van der Waals surface area contributed by atoms with E-state index >= 15 is 0 Å². The van der Waals surface area contributed by atoms with Crippen LogP contribution in [0.4, 0.5) is 0 Å². The summed E-state index contributed by atoms with van der Waals surface area (Å²) >= 11 is 0. The number of carbonyl (C=O) groups is 2. The van der Waals surface area contributed by atoms with Crippen molar-refractivity contribution in [3.8, 4) is 33.8 Å². The highest BCUT2D eigenvalue weighted by Gasteiger charge is 2.25. The van der Waals surface area contributed by atoms with Gasteiger partial charge in [-0.1, -0.05) is 115 Å². The van der Waals surface area contributed by atoms with Gasteiger partial charge in [-0.15, -0.1) is 0 Å². The van der Waals surface area contributed by atoms with Crippen molar-refractivity contribution in [2.75, 3.05) is 19.8 Å². The van der Waals surface area contributed by atoms with Gasteiger partial charge in [0.05, 0.1) is 11.4 Å². The Bertz CT molecular complexity index is 1700. The van der Waals surface area contributed by atoms with Crippen LogP contribution in [0, 0.1) is 0 Å². The lowest BCUT2D eigenvalue weighted by Crippen LogP contribution is -2.43. The van der Waals surface area contributed by atoms with Crippen LogP contribution in [0.25, 0.3) is 33.8 Å². The van der Waals surface area contributed by atoms with Gasteiger partial charge in [-0.25, -0.2) is 4.68 Å². The molecule has 0 spiro atoms. The third-order valence-corrected chi connectivity index (χ3v) is 10.7. The minimum absolute atomic E-state index is 0.0352. The van der Waals surface area contributed by atoms with Crippen molar-refractivity contribution in [2.45, 2.75) is 142 Å². The van der Waals surface area contributed by atoms with E-state index < -0.39 is 0 Å². The van der Waals surface area contributed by atoms with Crippen LogP contribution < -0.4 is 0 Å². The fourth-order valence-corrected chi connectivity index (χ4v) is 7.51. The monoisotopic (exact) mass is 749 g/mol. The molecule has 1 aromatic carbocycles. The number of amides is 1. The summed E-state index contributed by atoms with van der Waals surface area (Å²) in [6.07, 6.45) is 27.0. The van der Waals surface area contributed by atoms with Crippen LogP contribution >= 0.6 is 0 Å². The fraction of sp³-hybridized carbons (Fsp3) is 0.543. The van der Waals surface area contributed by atoms with E-state index in [-0.39, 0.29) is 24.6 Å². The highest BCUT2D eigenvalue weighted by Crippen LogP contribution is 2.32. The third-order valence-electron chi connectivity index (χ3n) is 10.7. The SMILES string of the molecule is CCCCCCCCCCCCCCCCCC(=O)OCn1cc(-c2ccnc(-c3ccc(C(=O)N(CC)C4CCOCC4)cc3)c2)c(-c2ccccn2)n1. The largest absolute Gasteiger partial charge is 0.442 e. The summed E-state index contributed by atoms with van der Waals surface area (Å²) in [6.45, 7) is 6.40. The maximum atomic E-state index is 13.4. The summed E-state index contributed by atoms with van der Waals surface area (Å²) < 4.78 is 12.8. The molecule has 0 N–H and O–H groups in total. The first-order valence-electron chi connectivity index (χ1n) is 21.2. The van der Waals surface area contributed by atoms with Crippen LogP contribution in [0.15, 0.2) is 73.2 Å². The molecule has 1 amide bonds. The zero-order chi connectivity index (χ0) is 38.5. The van der Waals surface area contributed by atoms with E-state index in [1.54, 1.807) is 17.1 Å². The number of aromatic nitrogens is 4. The van der Waals surface area contributed by atoms with Crippen molar-refractivity contribution in [3.63, 3.8) is 0 Å². The maximum Gasteiger partial charge on any atom is 0.307 e. The van der Waals surface area contributed by atoms with E-state index in [4.69, 9.17) is 14.6 Å². The third kappa shape index (κ3) is 13.4. The number of ether oxygens (including phenoxy) is 2. The van der Waals surface area contributed by atoms with Crippen LogP contribution in [-0.4, -0.2) is 62.3 Å². The van der Waals surface area contributed by atoms with Gasteiger partial charge in [0.25, 0.3) is 5.91 Å². The van der Waals surface area contributed by atoms with Gasteiger partial charge in [-0.3, -0.25) is 19.6 Å². The van der Waals surface area contributed by atoms with Crippen LogP contribution in [-0.2, 0) is 21.0 Å². The molecule has 4 heterocycles. The molecule has 0 bridgehead atoms. The number of hydrogen-bond acceptors (Lipinski definition) is 7. The molecule has 1 saturated heterocycles. The lowest BCUT2D eigenvalue weighted by molar-refractivity contribution is -0.148. The second-order valence-electron chi connectivity index (χ2n) is 14.9. The van der Waals surface area contributed by atoms with Crippen molar-refractivity contribution in [2.24, 2.45) is 0 Å². The lowest BCUT2D eigenvalue weighted by atomic mass is 10.0. The Hall–Kier alpha value is -4.37. The number of unbranched alkanes of at least 4 members (excludes halogenated alkanes) is 14. The predicted octanol–water partition coefficient (Wildman–Crippen LogP) is 11.1. The molecule has 1 aliphatic heterocycles. The van der Waals surface area contributed by atoms with Gasteiger partial charge in [0, 0.05) is 67.5 Å². The Balaban J connectivity index is 1.10. The normalized spacial score (nSPS) is 13.2. The molecule has 4 aromatic rings. The number of benzene rings is 1. The van der Waals surface area contributed by atoms with Gasteiger partial charge < -0.3 is 14.4 Å². The number of rotatable bonds is 24. The molecule has 1 aliphatic rings. The van der Waals surface area contributed by atoms with Gasteiger partial charge in [-0.05, 0) is 68.1 Å². The Morgan fingerprint density at radius 2 is 1.38 bits per heavy atom. The Morgan fingerprint density at radius 3 is 2.00 bits per heavy atom. The molecule has 0 atom stereocenters. The minimum Gasteiger partial charge on any atom is -0.442 e. The highest BCUT2D eigenvalue weighted by atomic mass is 16.5. The molecule has 1 fully saturated rings. The van der Waals surface area contributed by atoms with E-state index in [2.05, 4.69) is 16.9 Å². The molecule has 5 rings (SSSR count). The number of hydrogen-bond donors (Lipinski definition) is 0. The highest BCUT2D eigenvalue weighted by molar-refractivity contribution is 5.95. The van der Waals surface area contributed by atoms with Gasteiger partial charge >= 0.3 is 5.97 Å². The second kappa shape index (κ2) is 23.5. The van der Waals surface area contributed by atoms with E-state index in [1.807, 2.05) is 72.6 Å². The van der Waals surface area contributed by atoms with Gasteiger partial charge in [0.2, 0.25) is 0 Å². The molecule has 0 radical (unpaired) electrons. The first-order valence-corrected chi connectivity index (χ1v) is 21.2. The van der Waals surface area contributed by atoms with Crippen LogP contribution in [0.2, 0.25) is 0 Å². The standard InChI is InChI=1S/C46H63N5O4/c1-3-5-6-7-8-9-10-11-12-13-14-15-16-17-18-22-44(52)55-36-50-35-41(45(49-50)42-21-19-20-30-47-42)39-27-31-48-43(34-39)37-23-25-38(26-24-37)46(53)51(4-2)40-28-32-54-33-29-40/h19-21,23-27,30-31,34-35,40H,3-18,22,28-29,32-33,36H2,1-2H3. The number of esters is 1. The zero-order valence-corrected chi connectivity index (χ0v) is 33.4. The Morgan fingerprint density at radius 1 is 0.745 bits per heavy atom. The van der Waals surface area contributed by atoms with Crippen LogP contribution in [0.1, 0.15) is 140 Å². The molecular weight excluding hydrogens is 687 g/mol. The maximum absolute atomic E-state index is 13.4. The summed E-state index contributed by atoms with van der Waals surface area (Å²) in [5, 5.41) is 4.81. The number of pyridine rings is 2. The lowest BCUT2D eigenvalue weighted by Gasteiger charge is -2.33. The summed E-state index contributed by atoms with van der Waals surface area (Å²) in [5.74, 6) is -0.153. The quantitative estimate of drug-likeness (QED) is 0.0519. The molecular formula is C46H63N5O4. The van der Waals surface area contributed by atoms with Crippen molar-refractivity contribution in [1.29, 1.82) is 0 Å². The Kier molecular flexibility index (Phi) is 17.9. The summed E-state index contributed by atoms with van der Waals surface area (Å²) in [6, 6.07) is 17.6. The van der Waals surface area contributed by atoms with Crippen molar-refractivity contribution in [1.82, 2.24) is 24.6 Å². The summed E-state index contributed by atoms with van der Waals surface area (Å²) in [7, 11) is 0. The van der Waals surface area contributed by atoms with Gasteiger partial charge in [0.15, 0.2) is 6.73 Å². The van der Waals surface area contributed by atoms with E-state index in [1.165, 1.54) is 83.5 Å².